The van der Waals surface area contributed by atoms with Crippen molar-refractivity contribution in [2.45, 2.75) is 118 Å². The second-order valence-electron chi connectivity index (χ2n) is 13.8. The van der Waals surface area contributed by atoms with E-state index in [-0.39, 0.29) is 0 Å². The maximum absolute atomic E-state index is 6.38. The smallest absolute Gasteiger partial charge is 0.103 e. The zero-order valence-electron chi connectivity index (χ0n) is 24.2. The molecule has 0 saturated heterocycles. The monoisotopic (exact) mass is 485 g/mol. The summed E-state index contributed by atoms with van der Waals surface area (Å²) in [7, 11) is 3.97. The first kappa shape index (κ1) is 27.6. The zero-order valence-corrected chi connectivity index (χ0v) is 24.2. The standard InChI is InChI=1S/C32H57N2O/c1-22(2)9-8-10-23(3)27-13-14-28-26-12-11-24-21-25(35-20-17-30(33-6)34-7)15-18-31(24,4)29(26)16-19-32(27,28)5/h11,22-23,25-29,33-34H,8-10,12-21H2,1-7H3/t23-,25+,26+,27-,28+,29+,31+,32-/m1/s1. The zero-order chi connectivity index (χ0) is 25.2. The molecule has 0 aromatic heterocycles. The molecular formula is C32H57N2O. The van der Waals surface area contributed by atoms with Gasteiger partial charge in [-0.25, -0.2) is 0 Å². The third kappa shape index (κ3) is 5.58. The molecule has 201 valence electrons. The van der Waals surface area contributed by atoms with Crippen LogP contribution < -0.4 is 10.6 Å². The fourth-order valence-corrected chi connectivity index (χ4v) is 9.50. The highest BCUT2D eigenvalue weighted by molar-refractivity contribution is 5.25. The largest absolute Gasteiger partial charge is 0.378 e. The van der Waals surface area contributed by atoms with Crippen LogP contribution in [0.3, 0.4) is 0 Å². The molecule has 3 nitrogen and oxygen atoms in total. The van der Waals surface area contributed by atoms with E-state index in [1.807, 2.05) is 14.1 Å². The Morgan fingerprint density at radius 3 is 2.49 bits per heavy atom. The molecule has 0 heterocycles. The van der Waals surface area contributed by atoms with Crippen LogP contribution in [0, 0.1) is 52.5 Å². The van der Waals surface area contributed by atoms with Crippen molar-refractivity contribution < 1.29 is 4.74 Å². The quantitative estimate of drug-likeness (QED) is 0.294. The number of fused-ring (bicyclic) bond motifs is 5. The second kappa shape index (κ2) is 11.6. The van der Waals surface area contributed by atoms with E-state index in [1.165, 1.54) is 76.8 Å². The summed E-state index contributed by atoms with van der Waals surface area (Å²) in [6.07, 6.45) is 20.5. The second-order valence-corrected chi connectivity index (χ2v) is 13.8. The van der Waals surface area contributed by atoms with Crippen molar-refractivity contribution >= 4 is 0 Å². The van der Waals surface area contributed by atoms with Gasteiger partial charge in [-0.15, -0.1) is 0 Å². The summed E-state index contributed by atoms with van der Waals surface area (Å²) >= 11 is 0. The lowest BCUT2D eigenvalue weighted by molar-refractivity contribution is -0.0640. The van der Waals surface area contributed by atoms with Crippen LogP contribution in [-0.4, -0.2) is 26.8 Å². The molecule has 0 aromatic rings. The number of ether oxygens (including phenoxy) is 1. The summed E-state index contributed by atoms with van der Waals surface area (Å²) in [6.45, 7) is 13.5. The summed E-state index contributed by atoms with van der Waals surface area (Å²) in [5.74, 6) is 5.51. The third-order valence-electron chi connectivity index (χ3n) is 11.6. The molecule has 3 fully saturated rings. The minimum atomic E-state index is 0.414. The number of rotatable bonds is 11. The van der Waals surface area contributed by atoms with Crippen LogP contribution >= 0.6 is 0 Å². The van der Waals surface area contributed by atoms with Crippen LogP contribution in [0.4, 0.5) is 0 Å². The summed E-state index contributed by atoms with van der Waals surface area (Å²) in [5, 5.41) is 6.46. The van der Waals surface area contributed by atoms with Crippen molar-refractivity contribution in [3.05, 3.63) is 17.8 Å². The van der Waals surface area contributed by atoms with Gasteiger partial charge in [-0.1, -0.05) is 65.5 Å². The van der Waals surface area contributed by atoms with Gasteiger partial charge < -0.3 is 4.74 Å². The van der Waals surface area contributed by atoms with E-state index < -0.39 is 0 Å². The molecule has 0 amide bonds. The molecule has 8 atom stereocenters. The molecule has 4 rings (SSSR count). The van der Waals surface area contributed by atoms with Crippen LogP contribution in [0.2, 0.25) is 0 Å². The van der Waals surface area contributed by atoms with E-state index in [4.69, 9.17) is 4.74 Å². The molecule has 0 unspecified atom stereocenters. The Kier molecular flexibility index (Phi) is 9.14. The molecule has 0 aromatic carbocycles. The molecular weight excluding hydrogens is 428 g/mol. The van der Waals surface area contributed by atoms with Gasteiger partial charge in [0.05, 0.1) is 12.7 Å². The number of hydrogen-bond donors (Lipinski definition) is 2. The SMILES string of the molecule is CN[C](CCO[C@H]1CC[C@@]2(C)C(=CC[C@H]3[C@@H]4CC[C@H]([C@H](C)CCCC(C)C)[C@@]4(C)CC[C@@H]32)C1)NC. The Balaban J connectivity index is 1.38. The van der Waals surface area contributed by atoms with Gasteiger partial charge in [-0.05, 0) is 112 Å². The molecule has 0 bridgehead atoms. The highest BCUT2D eigenvalue weighted by Gasteiger charge is 2.59. The first-order valence-corrected chi connectivity index (χ1v) is 15.2. The molecule has 35 heavy (non-hydrogen) atoms. The molecule has 3 heteroatoms. The molecule has 2 N–H and O–H groups in total. The topological polar surface area (TPSA) is 33.3 Å². The van der Waals surface area contributed by atoms with E-state index in [0.717, 1.165) is 48.5 Å². The Labute approximate surface area is 218 Å². The van der Waals surface area contributed by atoms with Crippen LogP contribution in [0.5, 0.6) is 0 Å². The van der Waals surface area contributed by atoms with Gasteiger partial charge in [0, 0.05) is 6.42 Å². The molecule has 3 saturated carbocycles. The van der Waals surface area contributed by atoms with Gasteiger partial charge in [0.25, 0.3) is 0 Å². The van der Waals surface area contributed by atoms with Crippen molar-refractivity contribution in [2.75, 3.05) is 20.7 Å². The summed E-state index contributed by atoms with van der Waals surface area (Å²) in [4.78, 5) is 0. The molecule has 0 spiro atoms. The predicted molar refractivity (Wildman–Crippen MR) is 149 cm³/mol. The minimum Gasteiger partial charge on any atom is -0.378 e. The highest BCUT2D eigenvalue weighted by atomic mass is 16.5. The van der Waals surface area contributed by atoms with Gasteiger partial charge in [0.15, 0.2) is 0 Å². The molecule has 4 aliphatic carbocycles. The van der Waals surface area contributed by atoms with E-state index >= 15 is 0 Å². The average molecular weight is 486 g/mol. The Hall–Kier alpha value is -0.380. The van der Waals surface area contributed by atoms with Crippen molar-refractivity contribution in [1.82, 2.24) is 10.6 Å². The Morgan fingerprint density at radius 2 is 1.77 bits per heavy atom. The lowest BCUT2D eigenvalue weighted by atomic mass is 9.47. The van der Waals surface area contributed by atoms with Crippen LogP contribution in [-0.2, 0) is 4.74 Å². The van der Waals surface area contributed by atoms with Crippen LogP contribution in [0.15, 0.2) is 11.6 Å². The average Bonchev–Trinajstić information content (AvgIpc) is 3.19. The fraction of sp³-hybridized carbons (Fsp3) is 0.906. The van der Waals surface area contributed by atoms with Gasteiger partial charge in [-0.3, -0.25) is 10.6 Å². The number of hydrogen-bond acceptors (Lipinski definition) is 3. The minimum absolute atomic E-state index is 0.414. The molecule has 1 radical (unpaired) electrons. The van der Waals surface area contributed by atoms with Crippen LogP contribution in [0.1, 0.15) is 112 Å². The first-order valence-electron chi connectivity index (χ1n) is 15.2. The highest BCUT2D eigenvalue weighted by Crippen LogP contribution is 2.67. The normalized spacial score (nSPS) is 39.8. The summed E-state index contributed by atoms with van der Waals surface area (Å²) < 4.78 is 6.38. The lowest BCUT2D eigenvalue weighted by Gasteiger charge is -2.58. The Morgan fingerprint density at radius 1 is 1.00 bits per heavy atom. The van der Waals surface area contributed by atoms with E-state index in [9.17, 15) is 0 Å². The van der Waals surface area contributed by atoms with Crippen molar-refractivity contribution in [1.29, 1.82) is 0 Å². The van der Waals surface area contributed by atoms with E-state index in [2.05, 4.69) is 51.3 Å². The maximum Gasteiger partial charge on any atom is 0.103 e. The van der Waals surface area contributed by atoms with Crippen molar-refractivity contribution in [3.8, 4) is 0 Å². The third-order valence-corrected chi connectivity index (χ3v) is 11.6. The number of allylic oxidation sites excluding steroid dienone is 1. The maximum atomic E-state index is 6.38. The first-order chi connectivity index (χ1) is 16.7. The van der Waals surface area contributed by atoms with E-state index in [0.29, 0.717) is 16.9 Å². The molecule has 4 aliphatic rings. The van der Waals surface area contributed by atoms with Gasteiger partial charge >= 0.3 is 0 Å². The molecule has 0 aliphatic heterocycles. The van der Waals surface area contributed by atoms with Gasteiger partial charge in [0.1, 0.15) is 6.17 Å². The lowest BCUT2D eigenvalue weighted by Crippen LogP contribution is -2.51. The fourth-order valence-electron chi connectivity index (χ4n) is 9.50. The van der Waals surface area contributed by atoms with Gasteiger partial charge in [0.2, 0.25) is 0 Å². The van der Waals surface area contributed by atoms with Crippen molar-refractivity contribution in [2.24, 2.45) is 46.3 Å². The number of nitrogens with one attached hydrogen (secondary N) is 2. The van der Waals surface area contributed by atoms with Crippen LogP contribution in [0.25, 0.3) is 0 Å². The predicted octanol–water partition coefficient (Wildman–Crippen LogP) is 7.73. The van der Waals surface area contributed by atoms with Gasteiger partial charge in [-0.2, -0.15) is 0 Å². The van der Waals surface area contributed by atoms with E-state index in [1.54, 1.807) is 5.57 Å². The summed E-state index contributed by atoms with van der Waals surface area (Å²) in [5.41, 5.74) is 2.77. The van der Waals surface area contributed by atoms with Crippen molar-refractivity contribution in [3.63, 3.8) is 0 Å². The Bertz CT molecular complexity index is 714. The summed E-state index contributed by atoms with van der Waals surface area (Å²) in [6, 6.07) is 0.